The number of hydrogen-bond donors (Lipinski definition) is 2. The molecule has 0 spiro atoms. The van der Waals surface area contributed by atoms with Crippen molar-refractivity contribution in [2.24, 2.45) is 5.92 Å². The third kappa shape index (κ3) is 6.32. The summed E-state index contributed by atoms with van der Waals surface area (Å²) in [5.74, 6) is 2.73. The predicted octanol–water partition coefficient (Wildman–Crippen LogP) is 4.10. The first kappa shape index (κ1) is 25.2. The summed E-state index contributed by atoms with van der Waals surface area (Å²) in [6.45, 7) is 6.11. The zero-order valence-corrected chi connectivity index (χ0v) is 21.3. The fourth-order valence-corrected chi connectivity index (χ4v) is 5.41. The van der Waals surface area contributed by atoms with Crippen molar-refractivity contribution in [3.8, 4) is 11.5 Å². The van der Waals surface area contributed by atoms with Crippen molar-refractivity contribution in [2.45, 2.75) is 69.8 Å². The minimum atomic E-state index is -1.33. The van der Waals surface area contributed by atoms with Gasteiger partial charge in [0.15, 0.2) is 5.16 Å². The van der Waals surface area contributed by atoms with Gasteiger partial charge < -0.3 is 20.2 Å². The molecule has 0 unspecified atom stereocenters. The smallest absolute Gasteiger partial charge is 0.197 e. The highest BCUT2D eigenvalue weighted by Gasteiger charge is 2.19. The lowest BCUT2D eigenvalue weighted by atomic mass is 9.85. The molecular formula is C25H37N4O3S+. The van der Waals surface area contributed by atoms with Gasteiger partial charge >= 0.3 is 0 Å². The largest absolute Gasteiger partial charge is 0.497 e. The first-order valence-corrected chi connectivity index (χ1v) is 12.9. The van der Waals surface area contributed by atoms with Crippen LogP contribution in [-0.2, 0) is 16.6 Å². The Bertz CT molecular complexity index is 1090. The van der Waals surface area contributed by atoms with Crippen molar-refractivity contribution in [1.82, 2.24) is 15.0 Å². The van der Waals surface area contributed by atoms with Gasteiger partial charge in [-0.3, -0.25) is 9.19 Å². The quantitative estimate of drug-likeness (QED) is 0.561. The Labute approximate surface area is 199 Å². The molecule has 180 valence electrons. The summed E-state index contributed by atoms with van der Waals surface area (Å²) in [7, 11) is 1.91. The van der Waals surface area contributed by atoms with Gasteiger partial charge in [0.1, 0.15) is 11.5 Å². The summed E-state index contributed by atoms with van der Waals surface area (Å²) in [5.41, 5.74) is 8.22. The Hall–Kier alpha value is -2.45. The Balaban J connectivity index is 0.000000286. The zero-order chi connectivity index (χ0) is 24.0. The molecule has 2 aromatic heterocycles. The Morgan fingerprint density at radius 1 is 1.18 bits per heavy atom. The summed E-state index contributed by atoms with van der Waals surface area (Å²) in [6, 6.07) is 6.18. The van der Waals surface area contributed by atoms with Crippen molar-refractivity contribution in [3.63, 3.8) is 0 Å². The molecule has 0 saturated heterocycles. The van der Waals surface area contributed by atoms with E-state index in [2.05, 4.69) is 27.6 Å². The second-order valence-electron chi connectivity index (χ2n) is 8.84. The van der Waals surface area contributed by atoms with E-state index >= 15 is 0 Å². The van der Waals surface area contributed by atoms with E-state index in [0.29, 0.717) is 11.2 Å². The average Bonchev–Trinajstić information content (AvgIpc) is 3.26. The Kier molecular flexibility index (Phi) is 8.86. The number of rotatable bonds is 6. The topological polar surface area (TPSA) is 105 Å². The number of pyridine rings is 1. The van der Waals surface area contributed by atoms with E-state index in [4.69, 9.17) is 9.47 Å². The van der Waals surface area contributed by atoms with Crippen molar-refractivity contribution >= 4 is 21.8 Å². The van der Waals surface area contributed by atoms with Crippen LogP contribution in [0.2, 0.25) is 0 Å². The second kappa shape index (κ2) is 11.6. The molecule has 33 heavy (non-hydrogen) atoms. The number of nitrogens with zero attached hydrogens (tertiary/aromatic N) is 2. The maximum Gasteiger partial charge on any atom is 0.197 e. The molecule has 1 aliphatic carbocycles. The normalized spacial score (nSPS) is 16.1. The molecule has 1 aromatic carbocycles. The van der Waals surface area contributed by atoms with Crippen molar-refractivity contribution in [1.29, 1.82) is 0 Å². The van der Waals surface area contributed by atoms with Crippen LogP contribution >= 0.6 is 0 Å². The number of aryl methyl sites for hydroxylation is 1. The van der Waals surface area contributed by atoms with Crippen LogP contribution in [0.1, 0.15) is 55.8 Å². The molecule has 4 N–H and O–H groups in total. The van der Waals surface area contributed by atoms with E-state index in [0.717, 1.165) is 45.3 Å². The van der Waals surface area contributed by atoms with Gasteiger partial charge in [-0.25, -0.2) is 4.98 Å². The number of aromatic nitrogens is 3. The molecule has 2 heterocycles. The molecule has 0 amide bonds. The van der Waals surface area contributed by atoms with Gasteiger partial charge in [0, 0.05) is 29.3 Å². The molecule has 0 bridgehead atoms. The van der Waals surface area contributed by atoms with Gasteiger partial charge in [-0.05, 0) is 45.7 Å². The van der Waals surface area contributed by atoms with Gasteiger partial charge in [-0.15, -0.1) is 0 Å². The summed E-state index contributed by atoms with van der Waals surface area (Å²) in [6.07, 6.45) is 8.97. The minimum absolute atomic E-state index is 0.277. The molecule has 1 aliphatic rings. The average molecular weight is 474 g/mol. The first-order valence-electron chi connectivity index (χ1n) is 11.6. The number of nitrogens with one attached hydrogen (secondary N) is 1. The van der Waals surface area contributed by atoms with Crippen molar-refractivity contribution < 1.29 is 19.4 Å². The fourth-order valence-electron chi connectivity index (χ4n) is 4.31. The molecule has 2 atom stereocenters. The van der Waals surface area contributed by atoms with Crippen molar-refractivity contribution in [3.05, 3.63) is 41.2 Å². The lowest BCUT2D eigenvalue weighted by Crippen LogP contribution is -2.62. The summed E-state index contributed by atoms with van der Waals surface area (Å²) in [5, 5.41) is 0.430. The molecule has 1 saturated carbocycles. The van der Waals surface area contributed by atoms with Crippen LogP contribution in [0.15, 0.2) is 29.6 Å². The van der Waals surface area contributed by atoms with Gasteiger partial charge in [0.05, 0.1) is 53.5 Å². The molecule has 7 nitrogen and oxygen atoms in total. The van der Waals surface area contributed by atoms with Gasteiger partial charge in [0.2, 0.25) is 0 Å². The van der Waals surface area contributed by atoms with E-state index in [9.17, 15) is 4.21 Å². The third-order valence-corrected chi connectivity index (χ3v) is 7.52. The van der Waals surface area contributed by atoms with E-state index < -0.39 is 10.8 Å². The number of methoxy groups -OCH3 is 2. The maximum absolute atomic E-state index is 12.7. The van der Waals surface area contributed by atoms with Crippen molar-refractivity contribution in [2.75, 3.05) is 14.2 Å². The second-order valence-corrected chi connectivity index (χ2v) is 10.2. The molecule has 0 aliphatic heterocycles. The molecule has 8 heteroatoms. The van der Waals surface area contributed by atoms with Crippen LogP contribution in [0.3, 0.4) is 0 Å². The standard InChI is InChI=1S/C17H19N3O3S.C8H17N/c1-10-8-18-15(11(2)16(10)23-4)9-24(21)17-19-13-6-5-12(22-3)7-14(13)20-17;1-7(9)8-5-3-2-4-6-8/h5-8H,9H2,1-4H3,(H,19,20);7-8H,2-6,9H2,1H3/p+1/t24-;7-/m01/s1. The molecule has 0 radical (unpaired) electrons. The number of quaternary nitrogens is 1. The Morgan fingerprint density at radius 3 is 2.52 bits per heavy atom. The third-order valence-electron chi connectivity index (χ3n) is 6.36. The number of imidazole rings is 1. The number of aromatic amines is 1. The van der Waals surface area contributed by atoms with Crippen LogP contribution in [0.5, 0.6) is 11.5 Å². The van der Waals surface area contributed by atoms with Gasteiger partial charge in [0.25, 0.3) is 0 Å². The highest BCUT2D eigenvalue weighted by molar-refractivity contribution is 7.84. The molecular weight excluding hydrogens is 436 g/mol. The lowest BCUT2D eigenvalue weighted by Gasteiger charge is -2.22. The van der Waals surface area contributed by atoms with Crippen LogP contribution in [0.4, 0.5) is 0 Å². The van der Waals surface area contributed by atoms with Crippen LogP contribution < -0.4 is 15.2 Å². The highest BCUT2D eigenvalue weighted by atomic mass is 32.2. The first-order chi connectivity index (χ1) is 15.8. The minimum Gasteiger partial charge on any atom is -0.497 e. The Morgan fingerprint density at radius 2 is 1.91 bits per heavy atom. The number of fused-ring (bicyclic) bond motifs is 1. The van der Waals surface area contributed by atoms with Gasteiger partial charge in [-0.1, -0.05) is 19.3 Å². The summed E-state index contributed by atoms with van der Waals surface area (Å²) >= 11 is 0. The summed E-state index contributed by atoms with van der Waals surface area (Å²) in [4.78, 5) is 11.9. The van der Waals surface area contributed by atoms with E-state index in [1.165, 1.54) is 32.1 Å². The van der Waals surface area contributed by atoms with Crippen LogP contribution in [0, 0.1) is 19.8 Å². The van der Waals surface area contributed by atoms with E-state index in [1.54, 1.807) is 20.4 Å². The number of ether oxygens (including phenoxy) is 2. The van der Waals surface area contributed by atoms with E-state index in [-0.39, 0.29) is 5.75 Å². The lowest BCUT2D eigenvalue weighted by molar-refractivity contribution is -0.428. The van der Waals surface area contributed by atoms with Crippen LogP contribution in [-0.4, -0.2) is 39.4 Å². The van der Waals surface area contributed by atoms with Crippen LogP contribution in [0.25, 0.3) is 11.0 Å². The molecule has 3 aromatic rings. The number of H-pyrrole nitrogens is 1. The molecule has 1 fully saturated rings. The monoisotopic (exact) mass is 473 g/mol. The SMILES string of the molecule is COc1ccc2nc([S@@](=O)Cc3ncc(C)c(OC)c3C)[nH]c2c1.C[C@@H]([NH3+])C1CCCCC1. The highest BCUT2D eigenvalue weighted by Crippen LogP contribution is 2.26. The zero-order valence-electron chi connectivity index (χ0n) is 20.4. The van der Waals surface area contributed by atoms with Gasteiger partial charge in [-0.2, -0.15) is 0 Å². The summed E-state index contributed by atoms with van der Waals surface area (Å²) < 4.78 is 23.3. The number of benzene rings is 1. The number of hydrogen-bond acceptors (Lipinski definition) is 5. The van der Waals surface area contributed by atoms with E-state index in [1.807, 2.05) is 32.0 Å². The maximum atomic E-state index is 12.7. The predicted molar refractivity (Wildman–Crippen MR) is 132 cm³/mol. The fraction of sp³-hybridized carbons (Fsp3) is 0.520. The molecule has 4 rings (SSSR count).